The van der Waals surface area contributed by atoms with Crippen molar-refractivity contribution in [1.82, 2.24) is 0 Å². The van der Waals surface area contributed by atoms with Crippen LogP contribution >= 0.6 is 0 Å². The topological polar surface area (TPSA) is 43.4 Å². The maximum absolute atomic E-state index is 12.1. The van der Waals surface area contributed by atoms with Crippen molar-refractivity contribution in [2.45, 2.75) is 19.3 Å². The molecule has 0 saturated carbocycles. The molecule has 0 aliphatic rings. The molecule has 0 atom stereocenters. The van der Waals surface area contributed by atoms with E-state index in [0.717, 1.165) is 0 Å². The molecule has 0 aromatic rings. The maximum Gasteiger partial charge on any atom is 0.316 e. The molecule has 0 saturated heterocycles. The zero-order chi connectivity index (χ0) is 9.78. The van der Waals surface area contributed by atoms with Crippen LogP contribution in [0.15, 0.2) is 0 Å². The van der Waals surface area contributed by atoms with E-state index in [2.05, 4.69) is 11.7 Å². The Morgan fingerprint density at radius 1 is 1.50 bits per heavy atom. The van der Waals surface area contributed by atoms with Gasteiger partial charge in [-0.2, -0.15) is 8.78 Å². The fraction of sp³-hybridized carbons (Fsp3) is 0.571. The quantitative estimate of drug-likeness (QED) is 0.367. The van der Waals surface area contributed by atoms with Gasteiger partial charge in [-0.1, -0.05) is 0 Å². The van der Waals surface area contributed by atoms with Gasteiger partial charge in [0.1, 0.15) is 13.3 Å². The summed E-state index contributed by atoms with van der Waals surface area (Å²) in [6, 6.07) is 0. The van der Waals surface area contributed by atoms with E-state index < -0.39 is 24.1 Å². The van der Waals surface area contributed by atoms with E-state index in [1.54, 1.807) is 0 Å². The molecule has 0 aliphatic carbocycles. The lowest BCUT2D eigenvalue weighted by atomic mass is 10.2. The number of esters is 1. The van der Waals surface area contributed by atoms with E-state index in [1.807, 2.05) is 0 Å². The van der Waals surface area contributed by atoms with Gasteiger partial charge in [0.15, 0.2) is 0 Å². The number of alkyl halides is 2. The van der Waals surface area contributed by atoms with Crippen molar-refractivity contribution in [3.8, 4) is 0 Å². The van der Waals surface area contributed by atoms with Crippen LogP contribution in [0.1, 0.15) is 13.3 Å². The number of carbonyl (C=O) groups excluding carboxylic acids is 2. The fourth-order valence-electron chi connectivity index (χ4n) is 0.451. The molecular weight excluding hydrogens is 170 g/mol. The summed E-state index contributed by atoms with van der Waals surface area (Å²) in [6.45, 7) is 3.43. The van der Waals surface area contributed by atoms with E-state index in [1.165, 1.54) is 0 Å². The molecule has 0 unspecified atom stereocenters. The number of ketones is 1. The lowest BCUT2D eigenvalue weighted by Gasteiger charge is -2.06. The summed E-state index contributed by atoms with van der Waals surface area (Å²) < 4.78 is 28.5. The van der Waals surface area contributed by atoms with Gasteiger partial charge in [0.25, 0.3) is 0 Å². The van der Waals surface area contributed by atoms with Crippen LogP contribution in [0.3, 0.4) is 0 Å². The van der Waals surface area contributed by atoms with Crippen LogP contribution in [0.25, 0.3) is 0 Å². The Labute approximate surface area is 68.7 Å². The Hall–Kier alpha value is -1.13. The average Bonchev–Trinajstić information content (AvgIpc) is 1.85. The van der Waals surface area contributed by atoms with Gasteiger partial charge < -0.3 is 4.74 Å². The Bertz CT molecular complexity index is 184. The minimum Gasteiger partial charge on any atom is -0.423 e. The molecular formula is C7H9F2O3+. The molecule has 0 rings (SSSR count). The predicted molar refractivity (Wildman–Crippen MR) is 36.6 cm³/mol. The van der Waals surface area contributed by atoms with Crippen LogP contribution in [-0.2, 0) is 14.3 Å². The summed E-state index contributed by atoms with van der Waals surface area (Å²) in [5.74, 6) is -5.89. The number of ether oxygens (including phenoxy) is 1. The molecule has 0 aromatic carbocycles. The van der Waals surface area contributed by atoms with E-state index in [9.17, 15) is 18.4 Å². The normalized spacial score (nSPS) is 10.9. The molecule has 0 spiro atoms. The molecule has 3 nitrogen and oxygen atoms in total. The first kappa shape index (κ1) is 10.9. The summed E-state index contributed by atoms with van der Waals surface area (Å²) >= 11 is 0. The molecule has 0 N–H and O–H groups in total. The van der Waals surface area contributed by atoms with Gasteiger partial charge in [0.2, 0.25) is 12.4 Å². The molecule has 68 valence electrons. The third kappa shape index (κ3) is 3.90. The Morgan fingerprint density at radius 3 is 2.33 bits per heavy atom. The second-order valence-electron chi connectivity index (χ2n) is 2.21. The largest absolute Gasteiger partial charge is 0.423 e. The van der Waals surface area contributed by atoms with Crippen LogP contribution in [0.2, 0.25) is 0 Å². The minimum atomic E-state index is -3.47. The van der Waals surface area contributed by atoms with Crippen LogP contribution in [0, 0.1) is 6.92 Å². The third-order valence-electron chi connectivity index (χ3n) is 1.06. The first-order chi connectivity index (χ1) is 5.38. The highest BCUT2D eigenvalue weighted by Crippen LogP contribution is 2.14. The summed E-state index contributed by atoms with van der Waals surface area (Å²) in [6.07, 6.45) is -0.904. The number of Topliss-reactive ketones (excluding diaryl/α,β-unsaturated/α-hetero) is 1. The summed E-state index contributed by atoms with van der Waals surface area (Å²) in [5, 5.41) is 0. The van der Waals surface area contributed by atoms with Crippen molar-refractivity contribution in [2.24, 2.45) is 0 Å². The molecule has 5 heteroatoms. The van der Waals surface area contributed by atoms with Crippen LogP contribution in [-0.4, -0.2) is 24.3 Å². The van der Waals surface area contributed by atoms with Crippen molar-refractivity contribution in [3.05, 3.63) is 6.92 Å². The number of rotatable bonds is 4. The van der Waals surface area contributed by atoms with Crippen molar-refractivity contribution in [3.63, 3.8) is 0 Å². The van der Waals surface area contributed by atoms with Crippen LogP contribution in [0.5, 0.6) is 0 Å². The molecule has 0 fully saturated rings. The minimum absolute atomic E-state index is 0.165. The lowest BCUT2D eigenvalue weighted by Crippen LogP contribution is -2.27. The number of hydrogen-bond donors (Lipinski definition) is 0. The van der Waals surface area contributed by atoms with E-state index in [0.29, 0.717) is 6.92 Å². The highest BCUT2D eigenvalue weighted by atomic mass is 19.3. The number of halogens is 2. The van der Waals surface area contributed by atoms with Crippen molar-refractivity contribution in [2.75, 3.05) is 6.61 Å². The van der Waals surface area contributed by atoms with Gasteiger partial charge in [0.05, 0.1) is 0 Å². The predicted octanol–water partition coefficient (Wildman–Crippen LogP) is 0.978. The highest BCUT2D eigenvalue weighted by Gasteiger charge is 2.33. The van der Waals surface area contributed by atoms with Crippen molar-refractivity contribution >= 4 is 11.8 Å². The Morgan fingerprint density at radius 2 is 2.00 bits per heavy atom. The van der Waals surface area contributed by atoms with Gasteiger partial charge in [-0.15, -0.1) is 0 Å². The Balaban J connectivity index is 3.94. The first-order valence-corrected chi connectivity index (χ1v) is 3.24. The zero-order valence-corrected chi connectivity index (χ0v) is 6.60. The van der Waals surface area contributed by atoms with Gasteiger partial charge in [-0.25, -0.2) is 0 Å². The second kappa shape index (κ2) is 4.04. The fourth-order valence-corrected chi connectivity index (χ4v) is 0.451. The monoisotopic (exact) mass is 179 g/mol. The van der Waals surface area contributed by atoms with Gasteiger partial charge in [0, 0.05) is 6.92 Å². The smallest absolute Gasteiger partial charge is 0.316 e. The first-order valence-electron chi connectivity index (χ1n) is 3.24. The average molecular weight is 179 g/mol. The molecule has 0 radical (unpaired) electrons. The van der Waals surface area contributed by atoms with E-state index in [4.69, 9.17) is 0 Å². The van der Waals surface area contributed by atoms with Crippen molar-refractivity contribution in [1.29, 1.82) is 0 Å². The van der Waals surface area contributed by atoms with Gasteiger partial charge in [-0.05, 0) is 0 Å². The molecule has 12 heavy (non-hydrogen) atoms. The molecule has 0 aliphatic heterocycles. The van der Waals surface area contributed by atoms with E-state index in [-0.39, 0.29) is 6.61 Å². The SMILES string of the molecule is [CH2+]COC(=O)CC(=O)C(C)(F)F. The van der Waals surface area contributed by atoms with Gasteiger partial charge >= 0.3 is 11.9 Å². The molecule has 0 heterocycles. The maximum atomic E-state index is 12.1. The van der Waals surface area contributed by atoms with Crippen LogP contribution in [0.4, 0.5) is 8.78 Å². The molecule has 0 bridgehead atoms. The molecule has 0 aromatic heterocycles. The number of hydrogen-bond acceptors (Lipinski definition) is 3. The third-order valence-corrected chi connectivity index (χ3v) is 1.06. The number of carbonyl (C=O) groups is 2. The summed E-state index contributed by atoms with van der Waals surface area (Å²) in [5.41, 5.74) is 0. The summed E-state index contributed by atoms with van der Waals surface area (Å²) in [4.78, 5) is 21.0. The van der Waals surface area contributed by atoms with E-state index >= 15 is 0 Å². The van der Waals surface area contributed by atoms with Crippen molar-refractivity contribution < 1.29 is 23.1 Å². The van der Waals surface area contributed by atoms with Gasteiger partial charge in [-0.3, -0.25) is 9.59 Å². The second-order valence-corrected chi connectivity index (χ2v) is 2.21. The highest BCUT2D eigenvalue weighted by molar-refractivity contribution is 5.99. The summed E-state index contributed by atoms with van der Waals surface area (Å²) in [7, 11) is 0. The zero-order valence-electron chi connectivity index (χ0n) is 6.60. The van der Waals surface area contributed by atoms with Crippen LogP contribution < -0.4 is 0 Å². The molecule has 0 amide bonds. The Kier molecular flexibility index (Phi) is 3.66. The lowest BCUT2D eigenvalue weighted by molar-refractivity contribution is -0.152. The standard InChI is InChI=1S/C7H9F2O3/c1-3-12-6(11)4-5(10)7(2,8)9/h1,3-4H2,2H3/q+1.